The van der Waals surface area contributed by atoms with E-state index < -0.39 is 4.92 Å². The largest absolute Gasteiger partial charge is 0.354 e. The van der Waals surface area contributed by atoms with E-state index in [1.165, 1.54) is 18.2 Å². The number of anilines is 1. The first-order valence-electron chi connectivity index (χ1n) is 5.46. The van der Waals surface area contributed by atoms with Crippen LogP contribution in [0.5, 0.6) is 0 Å². The van der Waals surface area contributed by atoms with Crippen molar-refractivity contribution < 1.29 is 4.92 Å². The normalized spacial score (nSPS) is 11.8. The maximum atomic E-state index is 10.7. The second-order valence-corrected chi connectivity index (χ2v) is 3.51. The lowest BCUT2D eigenvalue weighted by atomic mass is 10.2. The lowest BCUT2D eigenvalue weighted by molar-refractivity contribution is -0.384. The Hall–Kier alpha value is -2.76. The highest BCUT2D eigenvalue weighted by atomic mass is 16.6. The van der Waals surface area contributed by atoms with E-state index in [0.29, 0.717) is 11.4 Å². The molecule has 0 heterocycles. The highest BCUT2D eigenvalue weighted by Gasteiger charge is 2.07. The van der Waals surface area contributed by atoms with Gasteiger partial charge in [0.2, 0.25) is 0 Å². The van der Waals surface area contributed by atoms with Crippen molar-refractivity contribution in [3.63, 3.8) is 0 Å². The van der Waals surface area contributed by atoms with Gasteiger partial charge in [-0.2, -0.15) is 0 Å². The molecule has 1 aromatic rings. The molecule has 0 bridgehead atoms. The third-order valence-corrected chi connectivity index (χ3v) is 2.29. The Balaban J connectivity index is 2.98. The summed E-state index contributed by atoms with van der Waals surface area (Å²) in [6, 6.07) is 5.84. The maximum Gasteiger partial charge on any atom is 0.269 e. The van der Waals surface area contributed by atoms with Gasteiger partial charge in [0.15, 0.2) is 0 Å². The first-order chi connectivity index (χ1) is 9.12. The van der Waals surface area contributed by atoms with E-state index in [9.17, 15) is 15.0 Å². The number of nitro groups is 1. The topological polar surface area (TPSA) is 84.6 Å². The van der Waals surface area contributed by atoms with Gasteiger partial charge in [-0.25, -0.2) is 0 Å². The smallest absolute Gasteiger partial charge is 0.269 e. The summed E-state index contributed by atoms with van der Waals surface area (Å²) in [5.41, 5.74) is 1.32. The van der Waals surface area contributed by atoms with Crippen LogP contribution in [-0.2, 0) is 0 Å². The first kappa shape index (κ1) is 14.3. The van der Waals surface area contributed by atoms with E-state index in [0.717, 1.165) is 0 Å². The Morgan fingerprint density at radius 3 is 2.47 bits per heavy atom. The molecule has 0 atom stereocenters. The van der Waals surface area contributed by atoms with Crippen LogP contribution in [0.15, 0.2) is 65.6 Å². The quantitative estimate of drug-likeness (QED) is 0.365. The molecule has 0 radical (unpaired) electrons. The van der Waals surface area contributed by atoms with Crippen LogP contribution in [-0.4, -0.2) is 4.92 Å². The Labute approximate surface area is 110 Å². The number of nitrogens with zero attached hydrogens (tertiary/aromatic N) is 2. The zero-order chi connectivity index (χ0) is 14.3. The molecule has 0 amide bonds. The molecule has 6 heteroatoms. The van der Waals surface area contributed by atoms with Crippen molar-refractivity contribution in [2.45, 2.75) is 6.92 Å². The molecule has 0 spiro atoms. The van der Waals surface area contributed by atoms with Crippen molar-refractivity contribution in [2.24, 2.45) is 5.18 Å². The minimum Gasteiger partial charge on any atom is -0.354 e. The SMILES string of the molecule is C=C/C=C(Nc1ccc([N+](=O)[O-])cc1)\C(=C/C)N=O. The molecular weight excluding hydrogens is 246 g/mol. The van der Waals surface area contributed by atoms with Crippen molar-refractivity contribution in [1.29, 1.82) is 0 Å². The molecule has 1 N–H and O–H groups in total. The Morgan fingerprint density at radius 2 is 2.05 bits per heavy atom. The summed E-state index contributed by atoms with van der Waals surface area (Å²) < 4.78 is 0. The number of nitrogens with one attached hydrogen (secondary N) is 1. The molecule has 0 aliphatic carbocycles. The van der Waals surface area contributed by atoms with Gasteiger partial charge in [-0.3, -0.25) is 10.1 Å². The molecule has 1 aromatic carbocycles. The molecule has 0 aromatic heterocycles. The fourth-order valence-electron chi connectivity index (χ4n) is 1.39. The number of rotatable bonds is 6. The van der Waals surface area contributed by atoms with Crippen LogP contribution in [0.25, 0.3) is 0 Å². The zero-order valence-corrected chi connectivity index (χ0v) is 10.4. The number of benzene rings is 1. The molecule has 0 saturated carbocycles. The highest BCUT2D eigenvalue weighted by molar-refractivity contribution is 5.56. The number of nitroso groups, excluding NO2 is 1. The van der Waals surface area contributed by atoms with Gasteiger partial charge in [-0.05, 0) is 30.3 Å². The summed E-state index contributed by atoms with van der Waals surface area (Å²) in [4.78, 5) is 20.7. The Morgan fingerprint density at radius 1 is 1.42 bits per heavy atom. The Bertz CT molecular complexity index is 545. The van der Waals surface area contributed by atoms with Gasteiger partial charge in [-0.15, -0.1) is 4.91 Å². The molecule has 19 heavy (non-hydrogen) atoms. The van der Waals surface area contributed by atoms with Crippen molar-refractivity contribution in [3.05, 3.63) is 75.5 Å². The van der Waals surface area contributed by atoms with Gasteiger partial charge in [0.1, 0.15) is 5.70 Å². The first-order valence-corrected chi connectivity index (χ1v) is 5.46. The average molecular weight is 259 g/mol. The van der Waals surface area contributed by atoms with Crippen LogP contribution in [0.1, 0.15) is 6.92 Å². The summed E-state index contributed by atoms with van der Waals surface area (Å²) in [5, 5.41) is 16.4. The number of non-ortho nitro benzene ring substituents is 1. The maximum absolute atomic E-state index is 10.7. The molecule has 0 unspecified atom stereocenters. The summed E-state index contributed by atoms with van der Waals surface area (Å²) in [5.74, 6) is 0. The predicted octanol–water partition coefficient (Wildman–Crippen LogP) is 3.75. The fraction of sp³-hybridized carbons (Fsp3) is 0.0769. The van der Waals surface area contributed by atoms with Gasteiger partial charge in [0, 0.05) is 17.8 Å². The van der Waals surface area contributed by atoms with Crippen molar-refractivity contribution in [3.8, 4) is 0 Å². The van der Waals surface area contributed by atoms with Crippen molar-refractivity contribution in [2.75, 3.05) is 5.32 Å². The molecule has 0 aliphatic rings. The van der Waals surface area contributed by atoms with E-state index in [4.69, 9.17) is 0 Å². The average Bonchev–Trinajstić information content (AvgIpc) is 2.41. The molecule has 0 saturated heterocycles. The lowest BCUT2D eigenvalue weighted by Crippen LogP contribution is -2.01. The van der Waals surface area contributed by atoms with Crippen LogP contribution >= 0.6 is 0 Å². The van der Waals surface area contributed by atoms with Crippen LogP contribution in [0.4, 0.5) is 11.4 Å². The number of hydrogen-bond acceptors (Lipinski definition) is 5. The molecule has 98 valence electrons. The van der Waals surface area contributed by atoms with E-state index in [1.807, 2.05) is 0 Å². The minimum atomic E-state index is -0.478. The third kappa shape index (κ3) is 3.88. The summed E-state index contributed by atoms with van der Waals surface area (Å²) >= 11 is 0. The highest BCUT2D eigenvalue weighted by Crippen LogP contribution is 2.20. The van der Waals surface area contributed by atoms with Gasteiger partial charge in [0.05, 0.1) is 10.6 Å². The van der Waals surface area contributed by atoms with Crippen molar-refractivity contribution >= 4 is 11.4 Å². The minimum absolute atomic E-state index is 0.000398. The molecule has 6 nitrogen and oxygen atoms in total. The predicted molar refractivity (Wildman–Crippen MR) is 74.6 cm³/mol. The Kier molecular flexibility index (Phi) is 5.16. The molecule has 0 fully saturated rings. The number of hydrogen-bond donors (Lipinski definition) is 1. The van der Waals surface area contributed by atoms with Crippen LogP contribution in [0, 0.1) is 15.0 Å². The second-order valence-electron chi connectivity index (χ2n) is 3.51. The third-order valence-electron chi connectivity index (χ3n) is 2.29. The van der Waals surface area contributed by atoms with Crippen LogP contribution in [0.3, 0.4) is 0 Å². The van der Waals surface area contributed by atoms with Crippen molar-refractivity contribution in [1.82, 2.24) is 0 Å². The second kappa shape index (κ2) is 6.85. The summed E-state index contributed by atoms with van der Waals surface area (Å²) in [7, 11) is 0. The number of nitro benzene ring substituents is 1. The zero-order valence-electron chi connectivity index (χ0n) is 10.4. The van der Waals surface area contributed by atoms with Crippen LogP contribution < -0.4 is 5.32 Å². The van der Waals surface area contributed by atoms with E-state index in [2.05, 4.69) is 17.1 Å². The monoisotopic (exact) mass is 259 g/mol. The van der Waals surface area contributed by atoms with Gasteiger partial charge in [0.25, 0.3) is 5.69 Å². The molecule has 0 aliphatic heterocycles. The van der Waals surface area contributed by atoms with Gasteiger partial charge in [-0.1, -0.05) is 18.7 Å². The summed E-state index contributed by atoms with van der Waals surface area (Å²) in [6.45, 7) is 5.24. The van der Waals surface area contributed by atoms with E-state index >= 15 is 0 Å². The van der Waals surface area contributed by atoms with Gasteiger partial charge < -0.3 is 5.32 Å². The van der Waals surface area contributed by atoms with Gasteiger partial charge >= 0.3 is 0 Å². The number of allylic oxidation sites excluding steroid dienone is 3. The molecule has 1 rings (SSSR count). The van der Waals surface area contributed by atoms with E-state index in [-0.39, 0.29) is 11.4 Å². The van der Waals surface area contributed by atoms with Crippen LogP contribution in [0.2, 0.25) is 0 Å². The lowest BCUT2D eigenvalue weighted by Gasteiger charge is -2.09. The summed E-state index contributed by atoms with van der Waals surface area (Å²) in [6.07, 6.45) is 4.67. The molecular formula is C13H13N3O3. The van der Waals surface area contributed by atoms with E-state index in [1.54, 1.807) is 31.2 Å². The fourth-order valence-corrected chi connectivity index (χ4v) is 1.39. The standard InChI is InChI=1S/C13H13N3O3/c1-3-5-13(12(4-2)15-17)14-10-6-8-11(9-7-10)16(18)19/h3-9,14H,1H2,2H3/b12-4+,13-5+.